The van der Waals surface area contributed by atoms with Crippen molar-refractivity contribution in [2.45, 2.75) is 123 Å². The molecule has 5 heteroatoms. The van der Waals surface area contributed by atoms with Crippen molar-refractivity contribution in [2.24, 2.45) is 0 Å². The lowest BCUT2D eigenvalue weighted by molar-refractivity contribution is 0.398. The van der Waals surface area contributed by atoms with Gasteiger partial charge in [0.1, 0.15) is 11.1 Å². The van der Waals surface area contributed by atoms with E-state index in [1.54, 1.807) is 0 Å². The van der Waals surface area contributed by atoms with Gasteiger partial charge in [0.2, 0.25) is 5.95 Å². The van der Waals surface area contributed by atoms with Crippen LogP contribution >= 0.6 is 0 Å². The van der Waals surface area contributed by atoms with Crippen molar-refractivity contribution < 1.29 is 4.42 Å². The molecule has 0 fully saturated rings. The van der Waals surface area contributed by atoms with E-state index in [1.165, 1.54) is 166 Å². The number of benzene rings is 12. The van der Waals surface area contributed by atoms with Gasteiger partial charge in [-0.3, -0.25) is 4.57 Å². The number of rotatable bonds is 22. The van der Waals surface area contributed by atoms with Crippen LogP contribution in [-0.2, 0) is 5.41 Å². The van der Waals surface area contributed by atoms with Crippen molar-refractivity contribution in [3.63, 3.8) is 0 Å². The van der Waals surface area contributed by atoms with Gasteiger partial charge in [-0.05, 0) is 166 Å². The van der Waals surface area contributed by atoms with E-state index in [2.05, 4.69) is 298 Å². The lowest BCUT2D eigenvalue weighted by Crippen LogP contribution is -2.25. The Balaban J connectivity index is 0.776. The zero-order valence-corrected chi connectivity index (χ0v) is 58.0. The Labute approximate surface area is 587 Å². The molecule has 4 heterocycles. The average molecular weight is 1300 g/mol. The summed E-state index contributed by atoms with van der Waals surface area (Å²) < 4.78 is 11.7. The number of fused-ring (bicyclic) bond motifs is 13. The van der Waals surface area contributed by atoms with Gasteiger partial charge in [0, 0.05) is 54.5 Å². The predicted octanol–water partition coefficient (Wildman–Crippen LogP) is 27.0. The van der Waals surface area contributed by atoms with Crippen molar-refractivity contribution in [1.82, 2.24) is 19.1 Å². The second-order valence-electron chi connectivity index (χ2n) is 28.4. The van der Waals surface area contributed by atoms with Gasteiger partial charge in [-0.1, -0.05) is 297 Å². The molecule has 0 radical (unpaired) electrons. The Kier molecular flexibility index (Phi) is 16.8. The summed E-state index contributed by atoms with van der Waals surface area (Å²) in [5.74, 6) is 0.581. The van der Waals surface area contributed by atoms with E-state index in [0.29, 0.717) is 5.95 Å². The summed E-state index contributed by atoms with van der Waals surface area (Å²) in [5, 5.41) is 6.74. The maximum atomic E-state index is 6.91. The smallest absolute Gasteiger partial charge is 0.235 e. The number of aryl methyl sites for hydroxylation is 2. The van der Waals surface area contributed by atoms with Crippen LogP contribution in [0, 0.1) is 13.8 Å². The molecule has 0 saturated heterocycles. The fourth-order valence-electron chi connectivity index (χ4n) is 16.7. The molecule has 1 aliphatic rings. The Morgan fingerprint density at radius 1 is 0.320 bits per heavy atom. The van der Waals surface area contributed by atoms with Crippen LogP contribution in [0.3, 0.4) is 0 Å². The lowest BCUT2D eigenvalue weighted by atomic mass is 9.70. The first kappa shape index (κ1) is 62.6. The van der Waals surface area contributed by atoms with Crippen molar-refractivity contribution in [2.75, 3.05) is 0 Å². The lowest BCUT2D eigenvalue weighted by Gasteiger charge is -2.33. The van der Waals surface area contributed by atoms with Crippen molar-refractivity contribution >= 4 is 65.6 Å². The van der Waals surface area contributed by atoms with Crippen LogP contribution in [0.2, 0.25) is 0 Å². The summed E-state index contributed by atoms with van der Waals surface area (Å²) in [6.45, 7) is 9.10. The molecule has 0 bridgehead atoms. The minimum Gasteiger partial charge on any atom is -0.454 e. The number of unbranched alkanes of at least 4 members (excludes halogenated alkanes) is 10. The summed E-state index contributed by atoms with van der Waals surface area (Å²) in [4.78, 5) is 11.0. The third kappa shape index (κ3) is 11.4. The van der Waals surface area contributed by atoms with Crippen LogP contribution in [-0.4, -0.2) is 19.1 Å². The third-order valence-electron chi connectivity index (χ3n) is 21.9. The molecule has 0 saturated carbocycles. The standard InChI is InChI=1S/C95H84N4O/c1-5-7-9-11-13-25-53-95(54-26-14-12-10-8-6-2)84-59-71(67-41-39-66(40-42-67)65-37-35-63(3)36-38-65)43-47-76(84)77-48-44-72(60-85(77)95)74-55-64(4)56-75(57-74)98-88-33-23-21-31-78(88)83-58-70(46-52-89(83)98)73-45-49-79-81-50-51-82-80-32-22-24-34-91(80)100-93(82)92(81)99(90(79)61-73)94-96-86(68-27-17-15-18-28-68)62-87(97-94)69-29-19-16-20-30-69/h15-24,27-52,55-62H,5-14,25-26,53-54H2,1-4H3. The highest BCUT2D eigenvalue weighted by Gasteiger charge is 2.43. The third-order valence-corrected chi connectivity index (χ3v) is 21.9. The van der Waals surface area contributed by atoms with Crippen molar-refractivity contribution in [3.05, 3.63) is 289 Å². The van der Waals surface area contributed by atoms with E-state index in [4.69, 9.17) is 14.4 Å². The zero-order chi connectivity index (χ0) is 67.3. The molecular formula is C95H84N4O. The molecule has 17 rings (SSSR count). The molecule has 490 valence electrons. The molecule has 0 atom stereocenters. The minimum absolute atomic E-state index is 0.0967. The molecule has 0 amide bonds. The van der Waals surface area contributed by atoms with Crippen LogP contribution in [0.5, 0.6) is 0 Å². The fourth-order valence-corrected chi connectivity index (χ4v) is 16.7. The molecule has 0 N–H and O–H groups in total. The minimum atomic E-state index is -0.0967. The normalized spacial score (nSPS) is 12.6. The summed E-state index contributed by atoms with van der Waals surface area (Å²) in [6, 6.07) is 99.3. The van der Waals surface area contributed by atoms with E-state index < -0.39 is 0 Å². The molecule has 0 unspecified atom stereocenters. The first-order chi connectivity index (χ1) is 49.3. The number of hydrogen-bond acceptors (Lipinski definition) is 3. The van der Waals surface area contributed by atoms with Crippen LogP contribution in [0.4, 0.5) is 0 Å². The molecule has 5 nitrogen and oxygen atoms in total. The van der Waals surface area contributed by atoms with Gasteiger partial charge in [-0.2, -0.15) is 0 Å². The quantitative estimate of drug-likeness (QED) is 0.0636. The van der Waals surface area contributed by atoms with Crippen molar-refractivity contribution in [1.29, 1.82) is 0 Å². The zero-order valence-electron chi connectivity index (χ0n) is 58.0. The average Bonchev–Trinajstić information content (AvgIpc) is 1.57. The number of hydrogen-bond donors (Lipinski definition) is 0. The van der Waals surface area contributed by atoms with Crippen LogP contribution in [0.15, 0.2) is 271 Å². The first-order valence-corrected chi connectivity index (χ1v) is 36.8. The number of nitrogens with zero attached hydrogens (tertiary/aromatic N) is 4. The van der Waals surface area contributed by atoms with Crippen LogP contribution in [0.1, 0.15) is 126 Å². The molecular weight excluding hydrogens is 1210 g/mol. The topological polar surface area (TPSA) is 48.8 Å². The summed E-state index contributed by atoms with van der Waals surface area (Å²) in [6.07, 6.45) is 17.7. The van der Waals surface area contributed by atoms with Gasteiger partial charge in [0.25, 0.3) is 0 Å². The van der Waals surface area contributed by atoms with Crippen molar-refractivity contribution in [3.8, 4) is 89.8 Å². The molecule has 0 aliphatic heterocycles. The largest absolute Gasteiger partial charge is 0.454 e. The fraction of sp³-hybridized carbons (Fsp3) is 0.200. The highest BCUT2D eigenvalue weighted by Crippen LogP contribution is 2.56. The highest BCUT2D eigenvalue weighted by molar-refractivity contribution is 6.22. The van der Waals surface area contributed by atoms with E-state index >= 15 is 0 Å². The summed E-state index contributed by atoms with van der Waals surface area (Å²) in [7, 11) is 0. The maximum absolute atomic E-state index is 6.91. The molecule has 100 heavy (non-hydrogen) atoms. The van der Waals surface area contributed by atoms with Gasteiger partial charge < -0.3 is 8.98 Å². The molecule has 12 aromatic carbocycles. The second kappa shape index (κ2) is 26.8. The van der Waals surface area contributed by atoms with Gasteiger partial charge in [-0.25, -0.2) is 9.97 Å². The molecule has 16 aromatic rings. The summed E-state index contributed by atoms with van der Waals surface area (Å²) >= 11 is 0. The monoisotopic (exact) mass is 1300 g/mol. The van der Waals surface area contributed by atoms with Gasteiger partial charge in [0.05, 0.1) is 27.9 Å². The number of furan rings is 1. The van der Waals surface area contributed by atoms with E-state index in [0.717, 1.165) is 95.9 Å². The maximum Gasteiger partial charge on any atom is 0.235 e. The van der Waals surface area contributed by atoms with Crippen LogP contribution < -0.4 is 0 Å². The second-order valence-corrected chi connectivity index (χ2v) is 28.4. The van der Waals surface area contributed by atoms with Gasteiger partial charge in [0.15, 0.2) is 5.58 Å². The number of aromatic nitrogens is 4. The Morgan fingerprint density at radius 3 is 1.47 bits per heavy atom. The van der Waals surface area contributed by atoms with Gasteiger partial charge in [-0.15, -0.1) is 0 Å². The highest BCUT2D eigenvalue weighted by atomic mass is 16.3. The Bertz CT molecular complexity index is 5640. The first-order valence-electron chi connectivity index (χ1n) is 36.8. The molecule has 4 aromatic heterocycles. The predicted molar refractivity (Wildman–Crippen MR) is 422 cm³/mol. The number of para-hydroxylation sites is 2. The molecule has 0 spiro atoms. The Morgan fingerprint density at radius 2 is 0.810 bits per heavy atom. The Hall–Kier alpha value is -10.9. The van der Waals surface area contributed by atoms with Gasteiger partial charge >= 0.3 is 0 Å². The SMILES string of the molecule is CCCCCCCCC1(CCCCCCCC)c2cc(-c3ccc(-c4ccc(C)cc4)cc3)ccc2-c2ccc(-c3cc(C)cc(-n4c5ccccc5c5cc(-c6ccc7c8ccc9c%10ccccc%10oc9c8n(-c8nc(-c9ccccc9)cc(-c9ccccc9)n8)c7c6)ccc54)c3)cc21. The van der Waals surface area contributed by atoms with E-state index in [-0.39, 0.29) is 5.41 Å². The van der Waals surface area contributed by atoms with Crippen LogP contribution in [0.25, 0.3) is 155 Å². The van der Waals surface area contributed by atoms with E-state index in [9.17, 15) is 0 Å². The molecule has 1 aliphatic carbocycles. The van der Waals surface area contributed by atoms with E-state index in [1.807, 2.05) is 6.07 Å². The summed E-state index contributed by atoms with van der Waals surface area (Å²) in [5.41, 5.74) is 29.0.